The van der Waals surface area contributed by atoms with Crippen LogP contribution in [-0.4, -0.2) is 5.78 Å². The van der Waals surface area contributed by atoms with Gasteiger partial charge in [0.2, 0.25) is 0 Å². The van der Waals surface area contributed by atoms with E-state index in [0.29, 0.717) is 5.02 Å². The van der Waals surface area contributed by atoms with Gasteiger partial charge in [-0.3, -0.25) is 4.79 Å². The van der Waals surface area contributed by atoms with Crippen molar-refractivity contribution in [2.24, 2.45) is 5.41 Å². The third-order valence-electron chi connectivity index (χ3n) is 4.25. The van der Waals surface area contributed by atoms with E-state index in [4.69, 9.17) is 11.6 Å². The van der Waals surface area contributed by atoms with Crippen LogP contribution in [0.4, 0.5) is 0 Å². The van der Waals surface area contributed by atoms with Crippen LogP contribution in [0.15, 0.2) is 53.6 Å². The Hall–Kier alpha value is -1.60. The quantitative estimate of drug-likeness (QED) is 0.622. The molecular formula is C20H23ClO. The van der Waals surface area contributed by atoms with Crippen molar-refractivity contribution in [3.8, 4) is 0 Å². The van der Waals surface area contributed by atoms with Gasteiger partial charge in [-0.1, -0.05) is 55.3 Å². The van der Waals surface area contributed by atoms with Crippen molar-refractivity contribution < 1.29 is 4.79 Å². The van der Waals surface area contributed by atoms with E-state index in [-0.39, 0.29) is 11.2 Å². The summed E-state index contributed by atoms with van der Waals surface area (Å²) < 4.78 is 0. The number of ketones is 1. The molecule has 1 aliphatic rings. The summed E-state index contributed by atoms with van der Waals surface area (Å²) in [6, 6.07) is 7.46. The van der Waals surface area contributed by atoms with Gasteiger partial charge in [-0.15, -0.1) is 0 Å². The smallest absolute Gasteiger partial charge is 0.178 e. The fraction of sp³-hybridized carbons (Fsp3) is 0.350. The highest BCUT2D eigenvalue weighted by molar-refractivity contribution is 6.30. The fourth-order valence-electron chi connectivity index (χ4n) is 3.02. The Kier molecular flexibility index (Phi) is 5.42. The first-order valence-electron chi connectivity index (χ1n) is 7.74. The number of carbonyl (C=O) groups excluding carboxylic acids is 1. The Bertz CT molecular complexity index is 647. The van der Waals surface area contributed by atoms with E-state index < -0.39 is 0 Å². The van der Waals surface area contributed by atoms with Gasteiger partial charge in [0.1, 0.15) is 0 Å². The molecule has 0 unspecified atom stereocenters. The SMILES string of the molecule is CC1=C(/C=C/C(=O)/C=C/c2cccc(Cl)c2)C(C)(C)CCC1. The lowest BCUT2D eigenvalue weighted by molar-refractivity contribution is -0.110. The number of hydrogen-bond donors (Lipinski definition) is 0. The minimum absolute atomic E-state index is 0.00153. The second kappa shape index (κ2) is 7.11. The molecule has 0 amide bonds. The Morgan fingerprint density at radius 1 is 1.23 bits per heavy atom. The number of benzene rings is 1. The summed E-state index contributed by atoms with van der Waals surface area (Å²) in [5, 5.41) is 0.676. The first kappa shape index (κ1) is 16.8. The molecule has 1 aromatic rings. The lowest BCUT2D eigenvalue weighted by Crippen LogP contribution is -2.19. The average Bonchev–Trinajstić information content (AvgIpc) is 2.44. The van der Waals surface area contributed by atoms with E-state index >= 15 is 0 Å². The Morgan fingerprint density at radius 2 is 1.95 bits per heavy atom. The summed E-state index contributed by atoms with van der Waals surface area (Å²) in [5.74, 6) is 0.00153. The van der Waals surface area contributed by atoms with Crippen molar-refractivity contribution in [3.05, 3.63) is 64.2 Å². The second-order valence-electron chi connectivity index (χ2n) is 6.56. The van der Waals surface area contributed by atoms with Crippen molar-refractivity contribution in [2.45, 2.75) is 40.0 Å². The average molecular weight is 315 g/mol. The Labute approximate surface area is 138 Å². The maximum Gasteiger partial charge on any atom is 0.178 e. The lowest BCUT2D eigenvalue weighted by Gasteiger charge is -2.32. The van der Waals surface area contributed by atoms with Crippen LogP contribution >= 0.6 is 11.6 Å². The summed E-state index contributed by atoms with van der Waals surface area (Å²) in [6.45, 7) is 6.68. The normalized spacial score (nSPS) is 18.4. The molecule has 116 valence electrons. The standard InChI is InChI=1S/C20H23ClO/c1-15-6-5-13-20(2,3)19(15)12-11-18(22)10-9-16-7-4-8-17(21)14-16/h4,7-12,14H,5-6,13H2,1-3H3/b10-9+,12-11+. The van der Waals surface area contributed by atoms with E-state index in [2.05, 4.69) is 20.8 Å². The summed E-state index contributed by atoms with van der Waals surface area (Å²) in [7, 11) is 0. The minimum atomic E-state index is 0.00153. The second-order valence-corrected chi connectivity index (χ2v) is 6.99. The molecule has 0 aliphatic heterocycles. The molecule has 0 fully saturated rings. The molecule has 0 saturated carbocycles. The van der Waals surface area contributed by atoms with Crippen LogP contribution in [-0.2, 0) is 4.79 Å². The number of carbonyl (C=O) groups is 1. The molecule has 0 N–H and O–H groups in total. The van der Waals surface area contributed by atoms with Gasteiger partial charge < -0.3 is 0 Å². The van der Waals surface area contributed by atoms with Gasteiger partial charge >= 0.3 is 0 Å². The molecule has 0 heterocycles. The van der Waals surface area contributed by atoms with Gasteiger partial charge in [0.05, 0.1) is 0 Å². The van der Waals surface area contributed by atoms with Crippen LogP contribution < -0.4 is 0 Å². The van der Waals surface area contributed by atoms with E-state index in [1.807, 2.05) is 30.3 Å². The molecule has 0 spiro atoms. The van der Waals surface area contributed by atoms with Crippen molar-refractivity contribution in [1.29, 1.82) is 0 Å². The van der Waals surface area contributed by atoms with Crippen molar-refractivity contribution in [2.75, 3.05) is 0 Å². The highest BCUT2D eigenvalue weighted by Gasteiger charge is 2.26. The molecule has 1 aromatic carbocycles. The molecule has 22 heavy (non-hydrogen) atoms. The topological polar surface area (TPSA) is 17.1 Å². The molecule has 1 nitrogen and oxygen atoms in total. The maximum atomic E-state index is 12.0. The zero-order valence-corrected chi connectivity index (χ0v) is 14.3. The van der Waals surface area contributed by atoms with Gasteiger partial charge in [0.25, 0.3) is 0 Å². The van der Waals surface area contributed by atoms with Gasteiger partial charge in [-0.25, -0.2) is 0 Å². The molecule has 0 bridgehead atoms. The highest BCUT2D eigenvalue weighted by atomic mass is 35.5. The van der Waals surface area contributed by atoms with Gasteiger partial charge in [-0.2, -0.15) is 0 Å². The van der Waals surface area contributed by atoms with Crippen LogP contribution in [0.25, 0.3) is 6.08 Å². The molecule has 2 rings (SSSR count). The monoisotopic (exact) mass is 314 g/mol. The molecule has 2 heteroatoms. The summed E-state index contributed by atoms with van der Waals surface area (Å²) >= 11 is 5.93. The van der Waals surface area contributed by atoms with E-state index in [9.17, 15) is 4.79 Å². The lowest BCUT2D eigenvalue weighted by atomic mass is 9.72. The fourth-order valence-corrected chi connectivity index (χ4v) is 3.22. The van der Waals surface area contributed by atoms with Crippen LogP contribution in [0, 0.1) is 5.41 Å². The number of allylic oxidation sites excluding steroid dienone is 5. The van der Waals surface area contributed by atoms with Crippen LogP contribution in [0.3, 0.4) is 0 Å². The largest absolute Gasteiger partial charge is 0.290 e. The third-order valence-corrected chi connectivity index (χ3v) is 4.48. The molecular weight excluding hydrogens is 292 g/mol. The predicted octanol–water partition coefficient (Wildman–Crippen LogP) is 6.01. The highest BCUT2D eigenvalue weighted by Crippen LogP contribution is 2.40. The number of halogens is 1. The first-order chi connectivity index (χ1) is 10.4. The van der Waals surface area contributed by atoms with E-state index in [1.54, 1.807) is 18.2 Å². The van der Waals surface area contributed by atoms with Gasteiger partial charge in [0.15, 0.2) is 5.78 Å². The molecule has 0 radical (unpaired) electrons. The first-order valence-corrected chi connectivity index (χ1v) is 8.12. The predicted molar refractivity (Wildman–Crippen MR) is 95.0 cm³/mol. The number of hydrogen-bond acceptors (Lipinski definition) is 1. The van der Waals surface area contributed by atoms with E-state index in [1.165, 1.54) is 24.0 Å². The minimum Gasteiger partial charge on any atom is -0.290 e. The number of rotatable bonds is 4. The Balaban J connectivity index is 2.08. The maximum absolute atomic E-state index is 12.0. The summed E-state index contributed by atoms with van der Waals surface area (Å²) in [6.07, 6.45) is 10.6. The summed E-state index contributed by atoms with van der Waals surface area (Å²) in [4.78, 5) is 12.0. The van der Waals surface area contributed by atoms with Crippen LogP contribution in [0.5, 0.6) is 0 Å². The van der Waals surface area contributed by atoms with Crippen molar-refractivity contribution in [1.82, 2.24) is 0 Å². The van der Waals surface area contributed by atoms with Crippen LogP contribution in [0.2, 0.25) is 5.02 Å². The molecule has 0 aromatic heterocycles. The van der Waals surface area contributed by atoms with Gasteiger partial charge in [0, 0.05) is 5.02 Å². The van der Waals surface area contributed by atoms with Crippen molar-refractivity contribution in [3.63, 3.8) is 0 Å². The Morgan fingerprint density at radius 3 is 2.64 bits per heavy atom. The van der Waals surface area contributed by atoms with E-state index in [0.717, 1.165) is 12.0 Å². The zero-order chi connectivity index (χ0) is 16.2. The van der Waals surface area contributed by atoms with Crippen molar-refractivity contribution >= 4 is 23.5 Å². The summed E-state index contributed by atoms with van der Waals surface area (Å²) in [5.41, 5.74) is 3.81. The van der Waals surface area contributed by atoms with Gasteiger partial charge in [-0.05, 0) is 67.0 Å². The molecule has 0 atom stereocenters. The third kappa shape index (κ3) is 4.45. The molecule has 0 saturated heterocycles. The molecule has 1 aliphatic carbocycles. The van der Waals surface area contributed by atoms with Crippen LogP contribution in [0.1, 0.15) is 45.6 Å². The zero-order valence-electron chi connectivity index (χ0n) is 13.5.